The first-order chi connectivity index (χ1) is 10.4. The summed E-state index contributed by atoms with van der Waals surface area (Å²) >= 11 is 0. The standard InChI is InChI=1S/C21H33/c1-3-5-7-9-11-13-15-17-19-21-20-18-16-14-12-10-8-6-4-2/h11-14,17-20H,3-10,15-16,21H2,1H3. The summed E-state index contributed by atoms with van der Waals surface area (Å²) in [5, 5.41) is 0. The first-order valence-corrected chi connectivity index (χ1v) is 8.66. The van der Waals surface area contributed by atoms with Gasteiger partial charge in [0.15, 0.2) is 0 Å². The minimum absolute atomic E-state index is 0.563. The summed E-state index contributed by atoms with van der Waals surface area (Å²) in [7, 11) is 0. The molecule has 0 heteroatoms. The van der Waals surface area contributed by atoms with Gasteiger partial charge in [-0.1, -0.05) is 74.8 Å². The van der Waals surface area contributed by atoms with Crippen LogP contribution in [0.4, 0.5) is 0 Å². The van der Waals surface area contributed by atoms with Gasteiger partial charge in [-0.25, -0.2) is 0 Å². The van der Waals surface area contributed by atoms with Crippen LogP contribution in [-0.4, -0.2) is 0 Å². The van der Waals surface area contributed by atoms with Crippen molar-refractivity contribution in [3.8, 4) is 0 Å². The third-order valence-corrected chi connectivity index (χ3v) is 3.26. The molecule has 0 aliphatic rings. The van der Waals surface area contributed by atoms with Crippen LogP contribution in [0, 0.1) is 6.92 Å². The fourth-order valence-electron chi connectivity index (χ4n) is 1.95. The molecular formula is C21H33. The highest BCUT2D eigenvalue weighted by atomic mass is 13.9. The third kappa shape index (κ3) is 19.0. The number of unbranched alkanes of at least 4 members (excludes halogenated alkanes) is 6. The Kier molecular flexibility index (Phi) is 18.0. The Morgan fingerprint density at radius 3 is 1.43 bits per heavy atom. The summed E-state index contributed by atoms with van der Waals surface area (Å²) in [5.74, 6) is 0. The second kappa shape index (κ2) is 19.0. The fraction of sp³-hybridized carbons (Fsp3) is 0.571. The molecule has 0 N–H and O–H groups in total. The minimum atomic E-state index is 0.563. The topological polar surface area (TPSA) is 0 Å². The van der Waals surface area contributed by atoms with E-state index in [0.717, 1.165) is 38.5 Å². The molecule has 0 atom stereocenters. The number of hydrogen-bond acceptors (Lipinski definition) is 0. The van der Waals surface area contributed by atoms with Crippen LogP contribution >= 0.6 is 0 Å². The summed E-state index contributed by atoms with van der Waals surface area (Å²) in [6.07, 6.45) is 30.2. The number of rotatable bonds is 14. The van der Waals surface area contributed by atoms with Crippen LogP contribution in [0.15, 0.2) is 48.6 Å². The van der Waals surface area contributed by atoms with Crippen LogP contribution in [0.2, 0.25) is 0 Å². The van der Waals surface area contributed by atoms with Gasteiger partial charge in [0, 0.05) is 0 Å². The van der Waals surface area contributed by atoms with Crippen LogP contribution in [0.3, 0.4) is 0 Å². The van der Waals surface area contributed by atoms with Gasteiger partial charge in [-0.15, -0.1) is 0 Å². The molecule has 21 heavy (non-hydrogen) atoms. The Labute approximate surface area is 133 Å². The van der Waals surface area contributed by atoms with Gasteiger partial charge in [-0.2, -0.15) is 0 Å². The van der Waals surface area contributed by atoms with Gasteiger partial charge in [0.25, 0.3) is 0 Å². The number of allylic oxidation sites excluding steroid dienone is 8. The van der Waals surface area contributed by atoms with E-state index in [-0.39, 0.29) is 0 Å². The van der Waals surface area contributed by atoms with Crippen molar-refractivity contribution in [1.29, 1.82) is 0 Å². The quantitative estimate of drug-likeness (QED) is 0.235. The molecule has 0 heterocycles. The van der Waals surface area contributed by atoms with Crippen molar-refractivity contribution in [2.24, 2.45) is 0 Å². The third-order valence-electron chi connectivity index (χ3n) is 3.26. The van der Waals surface area contributed by atoms with Crippen LogP contribution in [-0.2, 0) is 0 Å². The SMILES string of the molecule is [C]CCCCC=CCC=CCC=CCC=CCCCCC. The molecular weight excluding hydrogens is 252 g/mol. The second-order valence-corrected chi connectivity index (χ2v) is 5.33. The van der Waals surface area contributed by atoms with Gasteiger partial charge < -0.3 is 0 Å². The van der Waals surface area contributed by atoms with E-state index in [1.165, 1.54) is 25.7 Å². The molecule has 0 aromatic heterocycles. The Bertz CT molecular complexity index is 261. The van der Waals surface area contributed by atoms with Gasteiger partial charge in [-0.3, -0.25) is 0 Å². The van der Waals surface area contributed by atoms with Gasteiger partial charge in [0.2, 0.25) is 0 Å². The Morgan fingerprint density at radius 1 is 0.571 bits per heavy atom. The van der Waals surface area contributed by atoms with Gasteiger partial charge in [0.1, 0.15) is 0 Å². The molecule has 0 saturated carbocycles. The average Bonchev–Trinajstić information content (AvgIpc) is 2.50. The Balaban J connectivity index is 3.35. The van der Waals surface area contributed by atoms with Crippen molar-refractivity contribution in [2.75, 3.05) is 0 Å². The van der Waals surface area contributed by atoms with E-state index in [1.807, 2.05) is 0 Å². The highest BCUT2D eigenvalue weighted by Crippen LogP contribution is 2.01. The molecule has 0 aromatic carbocycles. The second-order valence-electron chi connectivity index (χ2n) is 5.33. The van der Waals surface area contributed by atoms with Crippen LogP contribution < -0.4 is 0 Å². The summed E-state index contributed by atoms with van der Waals surface area (Å²) in [6.45, 7) is 9.29. The average molecular weight is 285 g/mol. The van der Waals surface area contributed by atoms with Gasteiger partial charge in [0.05, 0.1) is 0 Å². The zero-order valence-corrected chi connectivity index (χ0v) is 13.9. The molecule has 0 rings (SSSR count). The zero-order chi connectivity index (χ0) is 15.4. The lowest BCUT2D eigenvalue weighted by molar-refractivity contribution is 0.728. The minimum Gasteiger partial charge on any atom is -0.0882 e. The number of hydrogen-bond donors (Lipinski definition) is 0. The van der Waals surface area contributed by atoms with E-state index in [1.54, 1.807) is 0 Å². The normalized spacial score (nSPS) is 12.7. The van der Waals surface area contributed by atoms with Crippen LogP contribution in [0.25, 0.3) is 0 Å². The summed E-state index contributed by atoms with van der Waals surface area (Å²) in [4.78, 5) is 0. The van der Waals surface area contributed by atoms with Crippen molar-refractivity contribution < 1.29 is 0 Å². The van der Waals surface area contributed by atoms with E-state index >= 15 is 0 Å². The van der Waals surface area contributed by atoms with Crippen molar-refractivity contribution >= 4 is 0 Å². The first-order valence-electron chi connectivity index (χ1n) is 8.66. The lowest BCUT2D eigenvalue weighted by Gasteiger charge is -1.91. The maximum atomic E-state index is 7.05. The lowest BCUT2D eigenvalue weighted by atomic mass is 10.2. The fourth-order valence-corrected chi connectivity index (χ4v) is 1.95. The molecule has 0 aromatic rings. The lowest BCUT2D eigenvalue weighted by Crippen LogP contribution is -1.71. The Hall–Kier alpha value is -1.04. The largest absolute Gasteiger partial charge is 0.0882 e. The van der Waals surface area contributed by atoms with Crippen molar-refractivity contribution in [3.63, 3.8) is 0 Å². The highest BCUT2D eigenvalue weighted by Gasteiger charge is 1.81. The monoisotopic (exact) mass is 285 g/mol. The summed E-state index contributed by atoms with van der Waals surface area (Å²) in [5.41, 5.74) is 0. The molecule has 0 fully saturated rings. The van der Waals surface area contributed by atoms with E-state index in [0.29, 0.717) is 6.42 Å². The van der Waals surface area contributed by atoms with Crippen molar-refractivity contribution in [3.05, 3.63) is 55.5 Å². The summed E-state index contributed by atoms with van der Waals surface area (Å²) in [6, 6.07) is 0. The zero-order valence-electron chi connectivity index (χ0n) is 13.9. The van der Waals surface area contributed by atoms with E-state index in [2.05, 4.69) is 55.5 Å². The maximum absolute atomic E-state index is 7.05. The predicted octanol–water partition coefficient (Wildman–Crippen LogP) is 7.11. The molecule has 0 unspecified atom stereocenters. The van der Waals surface area contributed by atoms with E-state index in [4.69, 9.17) is 6.92 Å². The van der Waals surface area contributed by atoms with E-state index in [9.17, 15) is 0 Å². The molecule has 0 amide bonds. The van der Waals surface area contributed by atoms with Crippen LogP contribution in [0.5, 0.6) is 0 Å². The molecule has 0 aliphatic carbocycles. The van der Waals surface area contributed by atoms with Crippen molar-refractivity contribution in [1.82, 2.24) is 0 Å². The van der Waals surface area contributed by atoms with Crippen LogP contribution in [0.1, 0.15) is 77.6 Å². The molecule has 3 radical (unpaired) electrons. The van der Waals surface area contributed by atoms with Gasteiger partial charge >= 0.3 is 0 Å². The molecule has 117 valence electrons. The maximum Gasteiger partial charge on any atom is -0.00936 e. The molecule has 0 saturated heterocycles. The highest BCUT2D eigenvalue weighted by molar-refractivity contribution is 4.99. The Morgan fingerprint density at radius 2 is 1.00 bits per heavy atom. The summed E-state index contributed by atoms with van der Waals surface area (Å²) < 4.78 is 0. The predicted molar refractivity (Wildman–Crippen MR) is 96.3 cm³/mol. The molecule has 0 spiro atoms. The molecule has 0 nitrogen and oxygen atoms in total. The van der Waals surface area contributed by atoms with Gasteiger partial charge in [-0.05, 0) is 58.3 Å². The van der Waals surface area contributed by atoms with E-state index < -0.39 is 0 Å². The van der Waals surface area contributed by atoms with Crippen molar-refractivity contribution in [2.45, 2.75) is 77.6 Å². The molecule has 0 bridgehead atoms. The molecule has 0 aliphatic heterocycles. The first kappa shape index (κ1) is 20.0. The smallest absolute Gasteiger partial charge is 0.00936 e.